The van der Waals surface area contributed by atoms with Crippen LogP contribution in [0.15, 0.2) is 12.2 Å². The zero-order chi connectivity index (χ0) is 45.5. The molecule has 3 atom stereocenters. The maximum atomic E-state index is 12.4. The number of aliphatic hydroxyl groups is 2. The van der Waals surface area contributed by atoms with Gasteiger partial charge in [0.1, 0.15) is 12.2 Å². The van der Waals surface area contributed by atoms with Crippen LogP contribution in [-0.4, -0.2) is 65.7 Å². The Hall–Kier alpha value is -1.29. The number of unbranched alkanes of at least 4 members (excludes halogenated alkanes) is 34. The third-order valence-corrected chi connectivity index (χ3v) is 12.7. The molecule has 62 heavy (non-hydrogen) atoms. The van der Waals surface area contributed by atoms with E-state index in [0.717, 1.165) is 38.5 Å². The maximum Gasteiger partial charge on any atom is 0.472 e. The molecule has 0 aromatic carbocycles. The van der Waals surface area contributed by atoms with Gasteiger partial charge in [-0.3, -0.25) is 18.6 Å². The van der Waals surface area contributed by atoms with Crippen LogP contribution in [0.5, 0.6) is 0 Å². The first-order valence-corrected chi connectivity index (χ1v) is 27.6. The van der Waals surface area contributed by atoms with E-state index in [-0.39, 0.29) is 12.8 Å². The first-order chi connectivity index (χ1) is 30.3. The van der Waals surface area contributed by atoms with Gasteiger partial charge < -0.3 is 24.6 Å². The molecular formula is C51H99O10P. The molecule has 11 heteroatoms. The van der Waals surface area contributed by atoms with Crippen LogP contribution in [0, 0.1) is 0 Å². The lowest BCUT2D eigenvalue weighted by Gasteiger charge is -2.20. The Morgan fingerprint density at radius 3 is 0.919 bits per heavy atom. The summed E-state index contributed by atoms with van der Waals surface area (Å²) in [6, 6.07) is 0. The Kier molecular flexibility index (Phi) is 46.7. The van der Waals surface area contributed by atoms with E-state index in [0.29, 0.717) is 12.8 Å². The second-order valence-electron chi connectivity index (χ2n) is 17.9. The fourth-order valence-corrected chi connectivity index (χ4v) is 8.49. The van der Waals surface area contributed by atoms with Gasteiger partial charge in [0.05, 0.1) is 26.4 Å². The van der Waals surface area contributed by atoms with Crippen LogP contribution in [0.4, 0.5) is 0 Å². The van der Waals surface area contributed by atoms with Gasteiger partial charge in [0.2, 0.25) is 0 Å². The molecule has 3 N–H and O–H groups in total. The lowest BCUT2D eigenvalue weighted by Crippen LogP contribution is -2.28. The fraction of sp³-hybridized carbons (Fsp3) is 0.922. The predicted octanol–water partition coefficient (Wildman–Crippen LogP) is 14.7. The number of hydrogen-bond donors (Lipinski definition) is 3. The van der Waals surface area contributed by atoms with Crippen molar-refractivity contribution >= 4 is 19.8 Å². The topological polar surface area (TPSA) is 149 Å². The van der Waals surface area contributed by atoms with Crippen molar-refractivity contribution in [1.29, 1.82) is 0 Å². The average Bonchev–Trinajstić information content (AvgIpc) is 3.26. The minimum Gasteiger partial charge on any atom is -0.457 e. The molecule has 0 aromatic rings. The van der Waals surface area contributed by atoms with Gasteiger partial charge in [0, 0.05) is 12.8 Å². The van der Waals surface area contributed by atoms with Gasteiger partial charge in [-0.25, -0.2) is 4.57 Å². The van der Waals surface area contributed by atoms with Crippen molar-refractivity contribution in [3.63, 3.8) is 0 Å². The molecule has 0 heterocycles. The molecule has 0 bridgehead atoms. The van der Waals surface area contributed by atoms with Crippen LogP contribution in [0.1, 0.15) is 264 Å². The molecule has 0 aromatic heterocycles. The number of carbonyl (C=O) groups excluding carboxylic acids is 2. The highest BCUT2D eigenvalue weighted by Crippen LogP contribution is 2.43. The summed E-state index contributed by atoms with van der Waals surface area (Å²) < 4.78 is 32.7. The van der Waals surface area contributed by atoms with Gasteiger partial charge in [-0.1, -0.05) is 225 Å². The van der Waals surface area contributed by atoms with E-state index in [1.165, 1.54) is 186 Å². The van der Waals surface area contributed by atoms with Crippen LogP contribution in [0.2, 0.25) is 0 Å². The molecule has 0 rings (SSSR count). The number of aliphatic hydroxyl groups excluding tert-OH is 2. The van der Waals surface area contributed by atoms with E-state index < -0.39 is 58.4 Å². The lowest BCUT2D eigenvalue weighted by molar-refractivity contribution is -0.153. The lowest BCUT2D eigenvalue weighted by atomic mass is 10.0. The molecule has 0 aliphatic heterocycles. The summed E-state index contributed by atoms with van der Waals surface area (Å²) in [5, 5.41) is 19.3. The van der Waals surface area contributed by atoms with Gasteiger partial charge in [-0.15, -0.1) is 0 Å². The Bertz CT molecular complexity index is 1040. The van der Waals surface area contributed by atoms with E-state index >= 15 is 0 Å². The van der Waals surface area contributed by atoms with Crippen LogP contribution in [-0.2, 0) is 32.7 Å². The monoisotopic (exact) mass is 903 g/mol. The van der Waals surface area contributed by atoms with E-state index in [1.807, 2.05) is 0 Å². The summed E-state index contributed by atoms with van der Waals surface area (Å²) in [6.45, 7) is 2.27. The molecule has 0 saturated heterocycles. The molecule has 0 aliphatic carbocycles. The summed E-state index contributed by atoms with van der Waals surface area (Å²) in [5.74, 6) is -1.01. The van der Waals surface area contributed by atoms with Gasteiger partial charge >= 0.3 is 19.8 Å². The Morgan fingerprint density at radius 2 is 0.661 bits per heavy atom. The zero-order valence-electron chi connectivity index (χ0n) is 40.4. The quantitative estimate of drug-likeness (QED) is 0.0233. The molecule has 0 spiro atoms. The molecule has 368 valence electrons. The molecule has 3 unspecified atom stereocenters. The largest absolute Gasteiger partial charge is 0.472 e. The molecule has 0 aliphatic rings. The standard InChI is InChI=1S/C51H99O10P/c1-3-5-7-9-11-13-15-17-19-21-23-25-27-29-31-33-35-37-39-41-43-51(55)61-49(45-53)47-59-62(56,57)58-46-48(44-52)60-50(54)42-40-38-36-34-32-30-28-26-24-22-20-18-16-14-12-10-8-6-4-2/h18,20,48-49,52-53H,3-17,19,21-47H2,1-2H3,(H,56,57)/b20-18-. The number of ether oxygens (including phenoxy) is 2. The van der Waals surface area contributed by atoms with Crippen molar-refractivity contribution < 1.29 is 47.8 Å². The van der Waals surface area contributed by atoms with Crippen LogP contribution in [0.3, 0.4) is 0 Å². The highest BCUT2D eigenvalue weighted by Gasteiger charge is 2.27. The van der Waals surface area contributed by atoms with Crippen molar-refractivity contribution in [1.82, 2.24) is 0 Å². The van der Waals surface area contributed by atoms with Crippen molar-refractivity contribution in [3.05, 3.63) is 12.2 Å². The van der Waals surface area contributed by atoms with Gasteiger partial charge in [-0.05, 0) is 38.5 Å². The normalized spacial score (nSPS) is 13.7. The molecule has 0 fully saturated rings. The molecular weight excluding hydrogens is 804 g/mol. The van der Waals surface area contributed by atoms with Gasteiger partial charge in [-0.2, -0.15) is 0 Å². The number of phosphoric acid groups is 1. The third kappa shape index (κ3) is 45.3. The van der Waals surface area contributed by atoms with Gasteiger partial charge in [0.25, 0.3) is 0 Å². The number of allylic oxidation sites excluding steroid dienone is 2. The van der Waals surface area contributed by atoms with Gasteiger partial charge in [0.15, 0.2) is 0 Å². The van der Waals surface area contributed by atoms with Crippen LogP contribution < -0.4 is 0 Å². The highest BCUT2D eigenvalue weighted by atomic mass is 31.2. The second-order valence-corrected chi connectivity index (χ2v) is 19.3. The van der Waals surface area contributed by atoms with Crippen molar-refractivity contribution in [3.8, 4) is 0 Å². The Labute approximate surface area is 381 Å². The molecule has 0 amide bonds. The summed E-state index contributed by atoms with van der Waals surface area (Å²) in [7, 11) is -4.64. The number of hydrogen-bond acceptors (Lipinski definition) is 9. The second kappa shape index (κ2) is 47.7. The van der Waals surface area contributed by atoms with Crippen molar-refractivity contribution in [2.75, 3.05) is 26.4 Å². The third-order valence-electron chi connectivity index (χ3n) is 11.7. The summed E-state index contributed by atoms with van der Waals surface area (Å²) >= 11 is 0. The van der Waals surface area contributed by atoms with E-state index in [9.17, 15) is 29.3 Å². The number of phosphoric ester groups is 1. The number of carbonyl (C=O) groups is 2. The Balaban J connectivity index is 3.80. The number of rotatable bonds is 50. The van der Waals surface area contributed by atoms with Crippen LogP contribution >= 0.6 is 7.82 Å². The van der Waals surface area contributed by atoms with E-state index in [1.54, 1.807) is 0 Å². The smallest absolute Gasteiger partial charge is 0.457 e. The molecule has 0 saturated carbocycles. The fourth-order valence-electron chi connectivity index (χ4n) is 7.70. The summed E-state index contributed by atoms with van der Waals surface area (Å²) in [5.41, 5.74) is 0. The van der Waals surface area contributed by atoms with Crippen LogP contribution in [0.25, 0.3) is 0 Å². The van der Waals surface area contributed by atoms with E-state index in [2.05, 4.69) is 26.0 Å². The summed E-state index contributed by atoms with van der Waals surface area (Å²) in [4.78, 5) is 34.7. The average molecular weight is 903 g/mol. The van der Waals surface area contributed by atoms with Crippen molar-refractivity contribution in [2.24, 2.45) is 0 Å². The minimum atomic E-state index is -4.64. The predicted molar refractivity (Wildman–Crippen MR) is 256 cm³/mol. The highest BCUT2D eigenvalue weighted by molar-refractivity contribution is 7.47. The molecule has 10 nitrogen and oxygen atoms in total. The number of esters is 2. The Morgan fingerprint density at radius 1 is 0.419 bits per heavy atom. The summed E-state index contributed by atoms with van der Waals surface area (Å²) in [6.07, 6.45) is 49.0. The molecule has 0 radical (unpaired) electrons. The maximum absolute atomic E-state index is 12.4. The minimum absolute atomic E-state index is 0.194. The SMILES string of the molecule is CCCCCCCC/C=C\CCCCCCCCCCCC(=O)OC(CO)COP(=O)(O)OCC(CO)OC(=O)CCCCCCCCCCCCCCCCCCCCCC. The zero-order valence-corrected chi connectivity index (χ0v) is 41.3. The van der Waals surface area contributed by atoms with E-state index in [4.69, 9.17) is 18.5 Å². The first kappa shape index (κ1) is 60.7. The van der Waals surface area contributed by atoms with Crippen molar-refractivity contribution in [2.45, 2.75) is 276 Å². The first-order valence-electron chi connectivity index (χ1n) is 26.1.